The van der Waals surface area contributed by atoms with Crippen molar-refractivity contribution in [3.05, 3.63) is 45.0 Å². The maximum atomic E-state index is 10.6. The Morgan fingerprint density at radius 2 is 2.10 bits per heavy atom. The second kappa shape index (κ2) is 7.37. The summed E-state index contributed by atoms with van der Waals surface area (Å²) in [7, 11) is 0. The van der Waals surface area contributed by atoms with E-state index in [1.807, 2.05) is 0 Å². The Morgan fingerprint density at radius 1 is 1.38 bits per heavy atom. The molecule has 0 unspecified atom stereocenters. The standard InChI is InChI=1S/C13H13BrN4O2S/c1-2-7-15-13-16-8-11(14)12(17-13)21-10-5-3-9(4-6-10)18(19)20/h3-6,8H,2,7H2,1H3,(H,15,16,17). The van der Waals surface area contributed by atoms with Crippen LogP contribution in [0.2, 0.25) is 0 Å². The number of anilines is 1. The molecule has 0 radical (unpaired) electrons. The van der Waals surface area contributed by atoms with E-state index in [0.29, 0.717) is 5.95 Å². The van der Waals surface area contributed by atoms with Gasteiger partial charge in [-0.25, -0.2) is 9.97 Å². The molecular formula is C13H13BrN4O2S. The van der Waals surface area contributed by atoms with Gasteiger partial charge in [0.2, 0.25) is 5.95 Å². The van der Waals surface area contributed by atoms with Gasteiger partial charge in [-0.15, -0.1) is 0 Å². The van der Waals surface area contributed by atoms with Gasteiger partial charge in [0.05, 0.1) is 9.40 Å². The van der Waals surface area contributed by atoms with Crippen LogP contribution in [0.4, 0.5) is 11.6 Å². The second-order valence-electron chi connectivity index (χ2n) is 4.13. The lowest BCUT2D eigenvalue weighted by molar-refractivity contribution is -0.384. The molecule has 6 nitrogen and oxygen atoms in total. The summed E-state index contributed by atoms with van der Waals surface area (Å²) in [6.07, 6.45) is 2.68. The van der Waals surface area contributed by atoms with Crippen LogP contribution in [0.1, 0.15) is 13.3 Å². The second-order valence-corrected chi connectivity index (χ2v) is 6.04. The molecule has 0 spiro atoms. The zero-order valence-electron chi connectivity index (χ0n) is 11.2. The van der Waals surface area contributed by atoms with E-state index < -0.39 is 4.92 Å². The molecule has 1 aromatic carbocycles. The summed E-state index contributed by atoms with van der Waals surface area (Å²) in [6.45, 7) is 2.88. The summed E-state index contributed by atoms with van der Waals surface area (Å²) in [5, 5.41) is 14.5. The minimum atomic E-state index is -0.415. The molecule has 8 heteroatoms. The van der Waals surface area contributed by atoms with E-state index >= 15 is 0 Å². The minimum absolute atomic E-state index is 0.0754. The average molecular weight is 369 g/mol. The molecule has 0 aliphatic heterocycles. The maximum Gasteiger partial charge on any atom is 0.269 e. The lowest BCUT2D eigenvalue weighted by atomic mass is 10.3. The highest BCUT2D eigenvalue weighted by Crippen LogP contribution is 2.32. The highest BCUT2D eigenvalue weighted by Gasteiger charge is 2.09. The fourth-order valence-electron chi connectivity index (χ4n) is 1.49. The third kappa shape index (κ3) is 4.40. The van der Waals surface area contributed by atoms with Gasteiger partial charge >= 0.3 is 0 Å². The molecule has 2 aromatic rings. The van der Waals surface area contributed by atoms with E-state index in [2.05, 4.69) is 38.1 Å². The SMILES string of the molecule is CCCNc1ncc(Br)c(Sc2ccc([N+](=O)[O-])cc2)n1. The van der Waals surface area contributed by atoms with Gasteiger partial charge in [0, 0.05) is 29.8 Å². The van der Waals surface area contributed by atoms with Crippen molar-refractivity contribution in [2.75, 3.05) is 11.9 Å². The van der Waals surface area contributed by atoms with Gasteiger partial charge in [0.25, 0.3) is 5.69 Å². The van der Waals surface area contributed by atoms with E-state index in [4.69, 9.17) is 0 Å². The molecule has 0 aliphatic carbocycles. The number of hydrogen-bond acceptors (Lipinski definition) is 6. The smallest absolute Gasteiger partial charge is 0.269 e. The van der Waals surface area contributed by atoms with Crippen LogP contribution in [-0.4, -0.2) is 21.4 Å². The van der Waals surface area contributed by atoms with Gasteiger partial charge in [0.1, 0.15) is 5.03 Å². The Labute approximate surface area is 134 Å². The van der Waals surface area contributed by atoms with E-state index in [1.54, 1.807) is 18.3 Å². The number of nitro groups is 1. The van der Waals surface area contributed by atoms with Crippen molar-refractivity contribution in [1.82, 2.24) is 9.97 Å². The number of rotatable bonds is 6. The summed E-state index contributed by atoms with van der Waals surface area (Å²) in [5.74, 6) is 0.574. The van der Waals surface area contributed by atoms with Crippen LogP contribution in [0.5, 0.6) is 0 Å². The van der Waals surface area contributed by atoms with Crippen molar-refractivity contribution < 1.29 is 4.92 Å². The molecule has 1 heterocycles. The third-order valence-corrected chi connectivity index (χ3v) is 4.36. The number of hydrogen-bond donors (Lipinski definition) is 1. The summed E-state index contributed by atoms with van der Waals surface area (Å²) >= 11 is 4.83. The van der Waals surface area contributed by atoms with Crippen LogP contribution in [-0.2, 0) is 0 Å². The number of nitrogens with zero attached hydrogens (tertiary/aromatic N) is 3. The van der Waals surface area contributed by atoms with Crippen molar-refractivity contribution in [1.29, 1.82) is 0 Å². The van der Waals surface area contributed by atoms with Crippen LogP contribution in [0, 0.1) is 10.1 Å². The van der Waals surface area contributed by atoms with Crippen molar-refractivity contribution in [2.45, 2.75) is 23.3 Å². The van der Waals surface area contributed by atoms with Crippen molar-refractivity contribution in [3.8, 4) is 0 Å². The molecule has 0 saturated carbocycles. The lowest BCUT2D eigenvalue weighted by Crippen LogP contribution is -2.04. The zero-order chi connectivity index (χ0) is 15.2. The molecule has 0 atom stereocenters. The molecule has 0 amide bonds. The molecule has 0 fully saturated rings. The Morgan fingerprint density at radius 3 is 2.71 bits per heavy atom. The Hall–Kier alpha value is -1.67. The number of benzene rings is 1. The topological polar surface area (TPSA) is 81.0 Å². The van der Waals surface area contributed by atoms with Crippen LogP contribution in [0.15, 0.2) is 44.9 Å². The monoisotopic (exact) mass is 368 g/mol. The lowest BCUT2D eigenvalue weighted by Gasteiger charge is -2.07. The van der Waals surface area contributed by atoms with Gasteiger partial charge in [0.15, 0.2) is 0 Å². The first-order valence-corrected chi connectivity index (χ1v) is 7.90. The van der Waals surface area contributed by atoms with Gasteiger partial charge in [-0.1, -0.05) is 18.7 Å². The number of halogens is 1. The summed E-state index contributed by atoms with van der Waals surface area (Å²) < 4.78 is 0.785. The highest BCUT2D eigenvalue weighted by molar-refractivity contribution is 9.10. The van der Waals surface area contributed by atoms with Crippen LogP contribution < -0.4 is 5.32 Å². The van der Waals surface area contributed by atoms with E-state index in [0.717, 1.165) is 27.4 Å². The first-order chi connectivity index (χ1) is 10.1. The number of non-ortho nitro benzene ring substituents is 1. The molecule has 21 heavy (non-hydrogen) atoms. The molecule has 1 N–H and O–H groups in total. The average Bonchev–Trinajstić information content (AvgIpc) is 2.48. The molecule has 0 aliphatic rings. The van der Waals surface area contributed by atoms with Crippen molar-refractivity contribution >= 4 is 39.3 Å². The summed E-state index contributed by atoms with van der Waals surface area (Å²) in [4.78, 5) is 19.7. The molecule has 110 valence electrons. The number of nitro benzene ring substituents is 1. The van der Waals surface area contributed by atoms with Crippen LogP contribution >= 0.6 is 27.7 Å². The Balaban J connectivity index is 2.16. The largest absolute Gasteiger partial charge is 0.354 e. The number of aromatic nitrogens is 2. The predicted molar refractivity (Wildman–Crippen MR) is 85.7 cm³/mol. The highest BCUT2D eigenvalue weighted by atomic mass is 79.9. The van der Waals surface area contributed by atoms with E-state index in [9.17, 15) is 10.1 Å². The zero-order valence-corrected chi connectivity index (χ0v) is 13.6. The first kappa shape index (κ1) is 15.7. The molecule has 0 saturated heterocycles. The van der Waals surface area contributed by atoms with Crippen LogP contribution in [0.3, 0.4) is 0 Å². The van der Waals surface area contributed by atoms with E-state index in [-0.39, 0.29) is 5.69 Å². The van der Waals surface area contributed by atoms with Crippen LogP contribution in [0.25, 0.3) is 0 Å². The molecular weight excluding hydrogens is 356 g/mol. The van der Waals surface area contributed by atoms with Gasteiger partial charge in [-0.05, 0) is 34.5 Å². The fraction of sp³-hybridized carbons (Fsp3) is 0.231. The Kier molecular flexibility index (Phi) is 5.51. The minimum Gasteiger partial charge on any atom is -0.354 e. The molecule has 0 bridgehead atoms. The van der Waals surface area contributed by atoms with Gasteiger partial charge < -0.3 is 5.32 Å². The Bertz CT molecular complexity index is 637. The third-order valence-electron chi connectivity index (χ3n) is 2.51. The predicted octanol–water partition coefficient (Wildman–Crippen LogP) is 4.12. The van der Waals surface area contributed by atoms with Crippen molar-refractivity contribution in [3.63, 3.8) is 0 Å². The quantitative estimate of drug-likeness (QED) is 0.469. The molecule has 1 aromatic heterocycles. The van der Waals surface area contributed by atoms with Crippen molar-refractivity contribution in [2.24, 2.45) is 0 Å². The summed E-state index contributed by atoms with van der Waals surface area (Å²) in [5.41, 5.74) is 0.0754. The molecule has 2 rings (SSSR count). The van der Waals surface area contributed by atoms with Gasteiger partial charge in [-0.2, -0.15) is 0 Å². The normalized spacial score (nSPS) is 10.4. The summed E-state index contributed by atoms with van der Waals surface area (Å²) in [6, 6.07) is 6.37. The fourth-order valence-corrected chi connectivity index (χ4v) is 2.70. The number of nitrogens with one attached hydrogen (secondary N) is 1. The first-order valence-electron chi connectivity index (χ1n) is 6.29. The van der Waals surface area contributed by atoms with E-state index in [1.165, 1.54) is 23.9 Å². The maximum absolute atomic E-state index is 10.6. The van der Waals surface area contributed by atoms with Gasteiger partial charge in [-0.3, -0.25) is 10.1 Å².